The molecule has 0 aliphatic carbocycles. The molecule has 5 rings (SSSR count). The van der Waals surface area contributed by atoms with E-state index < -0.39 is 0 Å². The smallest absolute Gasteiger partial charge is 0.227 e. The van der Waals surface area contributed by atoms with Gasteiger partial charge in [-0.3, -0.25) is 0 Å². The van der Waals surface area contributed by atoms with Crippen molar-refractivity contribution < 1.29 is 4.42 Å². The highest BCUT2D eigenvalue weighted by Crippen LogP contribution is 2.47. The predicted molar refractivity (Wildman–Crippen MR) is 125 cm³/mol. The number of hydrogen-bond acceptors (Lipinski definition) is 5. The molecule has 5 heteroatoms. The first-order valence-electron chi connectivity index (χ1n) is 10.9. The largest absolute Gasteiger partial charge is 0.436 e. The van der Waals surface area contributed by atoms with Crippen molar-refractivity contribution in [2.75, 3.05) is 25.0 Å². The number of benzene rings is 2. The van der Waals surface area contributed by atoms with Crippen molar-refractivity contribution in [3.8, 4) is 17.2 Å². The summed E-state index contributed by atoms with van der Waals surface area (Å²) in [6, 6.07) is 17.2. The Balaban J connectivity index is 1.91. The lowest BCUT2D eigenvalue weighted by atomic mass is 9.91. The maximum Gasteiger partial charge on any atom is 0.227 e. The van der Waals surface area contributed by atoms with Gasteiger partial charge in [0.2, 0.25) is 5.71 Å². The van der Waals surface area contributed by atoms with E-state index in [0.29, 0.717) is 28.8 Å². The number of nitrogens with zero attached hydrogens (tertiary/aromatic N) is 3. The molecule has 0 spiro atoms. The fourth-order valence-corrected chi connectivity index (χ4v) is 5.14. The molecule has 1 N–H and O–H groups in total. The summed E-state index contributed by atoms with van der Waals surface area (Å²) >= 11 is 0. The molecule has 156 valence electrons. The minimum Gasteiger partial charge on any atom is -0.436 e. The van der Waals surface area contributed by atoms with Gasteiger partial charge in [-0.15, -0.1) is 0 Å². The average Bonchev–Trinajstić information content (AvgIpc) is 3.40. The van der Waals surface area contributed by atoms with Gasteiger partial charge in [-0.05, 0) is 43.1 Å². The number of anilines is 1. The third-order valence-corrected chi connectivity index (χ3v) is 6.74. The Morgan fingerprint density at radius 3 is 2.68 bits per heavy atom. The van der Waals surface area contributed by atoms with Gasteiger partial charge in [0.1, 0.15) is 6.07 Å². The lowest BCUT2D eigenvalue weighted by molar-refractivity contribution is 0.444. The number of rotatable bonds is 4. The number of fused-ring (bicyclic) bond motifs is 3. The Bertz CT molecular complexity index is 1290. The molecule has 4 aromatic rings. The molecule has 0 bridgehead atoms. The van der Waals surface area contributed by atoms with Crippen molar-refractivity contribution >= 4 is 27.8 Å². The minimum absolute atomic E-state index is 0.427. The molecule has 5 nitrogen and oxygen atoms in total. The van der Waals surface area contributed by atoms with Crippen molar-refractivity contribution in [3.05, 3.63) is 59.8 Å². The maximum absolute atomic E-state index is 10.1. The highest BCUT2D eigenvalue weighted by atomic mass is 16.3. The second kappa shape index (κ2) is 7.72. The number of aromatic nitrogens is 1. The molecule has 1 aliphatic heterocycles. The number of furan rings is 1. The SMILES string of the molecule is CC[C@H]1CN(c2c(-c3ccccc3)c(C)c(C#N)c3oc4ncccc4c23)C[C@H]1NC. The number of hydrogen-bond donors (Lipinski definition) is 1. The van der Waals surface area contributed by atoms with Gasteiger partial charge in [0, 0.05) is 30.9 Å². The summed E-state index contributed by atoms with van der Waals surface area (Å²) in [6.45, 7) is 6.18. The fourth-order valence-electron chi connectivity index (χ4n) is 5.14. The average molecular weight is 411 g/mol. The summed E-state index contributed by atoms with van der Waals surface area (Å²) in [5, 5.41) is 15.5. The molecule has 2 aromatic carbocycles. The van der Waals surface area contributed by atoms with Crippen LogP contribution in [0.1, 0.15) is 24.5 Å². The summed E-state index contributed by atoms with van der Waals surface area (Å²) < 4.78 is 6.18. The van der Waals surface area contributed by atoms with E-state index in [1.54, 1.807) is 6.20 Å². The van der Waals surface area contributed by atoms with Crippen molar-refractivity contribution in [2.24, 2.45) is 5.92 Å². The van der Waals surface area contributed by atoms with Gasteiger partial charge in [0.25, 0.3) is 0 Å². The fraction of sp³-hybridized carbons (Fsp3) is 0.308. The van der Waals surface area contributed by atoms with Crippen LogP contribution in [0.25, 0.3) is 33.2 Å². The monoisotopic (exact) mass is 410 g/mol. The number of nitriles is 1. The summed E-state index contributed by atoms with van der Waals surface area (Å²) in [4.78, 5) is 6.93. The zero-order valence-electron chi connectivity index (χ0n) is 18.1. The Labute approximate surface area is 182 Å². The molecule has 0 saturated carbocycles. The molecule has 1 fully saturated rings. The van der Waals surface area contributed by atoms with Gasteiger partial charge in [0.05, 0.1) is 22.0 Å². The lowest BCUT2D eigenvalue weighted by Gasteiger charge is -2.25. The zero-order valence-corrected chi connectivity index (χ0v) is 18.1. The van der Waals surface area contributed by atoms with Gasteiger partial charge >= 0.3 is 0 Å². The number of likely N-dealkylation sites (N-methyl/N-ethyl adjacent to an activating group) is 1. The molecular formula is C26H26N4O. The second-order valence-corrected chi connectivity index (χ2v) is 8.33. The molecule has 2 aromatic heterocycles. The van der Waals surface area contributed by atoms with E-state index in [-0.39, 0.29) is 0 Å². The van der Waals surface area contributed by atoms with Crippen LogP contribution in [0.2, 0.25) is 0 Å². The lowest BCUT2D eigenvalue weighted by Crippen LogP contribution is -2.33. The van der Waals surface area contributed by atoms with Crippen LogP contribution in [0, 0.1) is 24.2 Å². The van der Waals surface area contributed by atoms with E-state index in [4.69, 9.17) is 4.42 Å². The molecule has 0 radical (unpaired) electrons. The zero-order chi connectivity index (χ0) is 21.5. The quantitative estimate of drug-likeness (QED) is 0.497. The van der Waals surface area contributed by atoms with Crippen LogP contribution in [-0.2, 0) is 0 Å². The summed E-state index contributed by atoms with van der Waals surface area (Å²) in [7, 11) is 2.05. The van der Waals surface area contributed by atoms with E-state index in [1.807, 2.05) is 32.2 Å². The van der Waals surface area contributed by atoms with E-state index in [0.717, 1.165) is 52.7 Å². The van der Waals surface area contributed by atoms with Crippen LogP contribution in [0.5, 0.6) is 0 Å². The van der Waals surface area contributed by atoms with Crippen LogP contribution in [0.4, 0.5) is 5.69 Å². The topological polar surface area (TPSA) is 65.1 Å². The first-order valence-corrected chi connectivity index (χ1v) is 10.9. The van der Waals surface area contributed by atoms with Gasteiger partial charge in [-0.2, -0.15) is 5.26 Å². The molecule has 0 unspecified atom stereocenters. The van der Waals surface area contributed by atoms with Crippen LogP contribution in [-0.4, -0.2) is 31.2 Å². The minimum atomic E-state index is 0.427. The predicted octanol–water partition coefficient (Wildman–Crippen LogP) is 5.26. The third kappa shape index (κ3) is 2.98. The highest BCUT2D eigenvalue weighted by Gasteiger charge is 2.35. The van der Waals surface area contributed by atoms with Crippen LogP contribution >= 0.6 is 0 Å². The van der Waals surface area contributed by atoms with E-state index in [2.05, 4.69) is 52.5 Å². The third-order valence-electron chi connectivity index (χ3n) is 6.74. The van der Waals surface area contributed by atoms with Crippen molar-refractivity contribution in [1.29, 1.82) is 5.26 Å². The Hall–Kier alpha value is -3.36. The van der Waals surface area contributed by atoms with Crippen LogP contribution in [0.3, 0.4) is 0 Å². The molecule has 3 heterocycles. The molecule has 1 aliphatic rings. The van der Waals surface area contributed by atoms with Gasteiger partial charge in [-0.1, -0.05) is 43.7 Å². The second-order valence-electron chi connectivity index (χ2n) is 8.33. The van der Waals surface area contributed by atoms with E-state index in [1.165, 1.54) is 0 Å². The molecular weight excluding hydrogens is 384 g/mol. The van der Waals surface area contributed by atoms with Crippen LogP contribution < -0.4 is 10.2 Å². The van der Waals surface area contributed by atoms with E-state index in [9.17, 15) is 5.26 Å². The first-order chi connectivity index (χ1) is 15.2. The van der Waals surface area contributed by atoms with Gasteiger partial charge in [-0.25, -0.2) is 4.98 Å². The summed E-state index contributed by atoms with van der Waals surface area (Å²) in [5.41, 5.74) is 6.15. The standard InChI is InChI=1S/C26H26N4O/c1-4-17-14-30(15-21(17)28-3)24-22(18-9-6-5-7-10-18)16(2)20(13-27)25-23(24)19-11-8-12-29-26(19)31-25/h5-12,17,21,28H,4,14-15H2,1-3H3/t17-,21+/m0/s1. The van der Waals surface area contributed by atoms with Crippen molar-refractivity contribution in [3.63, 3.8) is 0 Å². The highest BCUT2D eigenvalue weighted by molar-refractivity contribution is 6.16. The summed E-state index contributed by atoms with van der Waals surface area (Å²) in [5.74, 6) is 0.566. The van der Waals surface area contributed by atoms with E-state index >= 15 is 0 Å². The first kappa shape index (κ1) is 19.6. The molecule has 31 heavy (non-hydrogen) atoms. The number of nitrogens with one attached hydrogen (secondary N) is 1. The summed E-state index contributed by atoms with van der Waals surface area (Å²) in [6.07, 6.45) is 2.86. The van der Waals surface area contributed by atoms with Crippen molar-refractivity contribution in [2.45, 2.75) is 26.3 Å². The normalized spacial score (nSPS) is 18.7. The maximum atomic E-state index is 10.1. The van der Waals surface area contributed by atoms with Gasteiger partial charge in [0.15, 0.2) is 5.58 Å². The Morgan fingerprint density at radius 2 is 2.00 bits per heavy atom. The van der Waals surface area contributed by atoms with Gasteiger partial charge < -0.3 is 14.6 Å². The Kier molecular flexibility index (Phi) is 4.88. The number of pyridine rings is 1. The molecule has 1 saturated heterocycles. The van der Waals surface area contributed by atoms with Crippen molar-refractivity contribution in [1.82, 2.24) is 10.3 Å². The molecule has 0 amide bonds. The molecule has 2 atom stereocenters. The van der Waals surface area contributed by atoms with Crippen LogP contribution in [0.15, 0.2) is 53.1 Å². The Morgan fingerprint density at radius 1 is 1.19 bits per heavy atom.